The van der Waals surface area contributed by atoms with Crippen LogP contribution in [0.15, 0.2) is 21.5 Å². The van der Waals surface area contributed by atoms with Gasteiger partial charge in [0, 0.05) is 13.6 Å². The molecule has 1 heterocycles. The summed E-state index contributed by atoms with van der Waals surface area (Å²) in [6.45, 7) is 5.99. The summed E-state index contributed by atoms with van der Waals surface area (Å²) in [4.78, 5) is 15.3. The first kappa shape index (κ1) is 18.4. The lowest BCUT2D eigenvalue weighted by Crippen LogP contribution is -2.43. The van der Waals surface area contributed by atoms with Gasteiger partial charge in [-0.05, 0) is 42.7 Å². The molecule has 0 spiro atoms. The van der Waals surface area contributed by atoms with Gasteiger partial charge in [0.2, 0.25) is 0 Å². The first-order valence-electron chi connectivity index (χ1n) is 8.77. The van der Waals surface area contributed by atoms with Crippen LogP contribution in [0.1, 0.15) is 62.3 Å². The molecule has 6 nitrogen and oxygen atoms in total. The number of guanidine groups is 1. The maximum atomic E-state index is 11.1. The number of nitrogens with zero attached hydrogens (tertiary/aromatic N) is 1. The molecule has 2 rings (SSSR count). The predicted molar refractivity (Wildman–Crippen MR) is 95.8 cm³/mol. The van der Waals surface area contributed by atoms with Gasteiger partial charge in [-0.2, -0.15) is 0 Å². The van der Waals surface area contributed by atoms with Gasteiger partial charge < -0.3 is 20.8 Å². The Hall–Kier alpha value is -1.98. The van der Waals surface area contributed by atoms with E-state index < -0.39 is 5.91 Å². The van der Waals surface area contributed by atoms with Crippen LogP contribution in [0.4, 0.5) is 0 Å². The molecule has 1 aromatic heterocycles. The van der Waals surface area contributed by atoms with Crippen molar-refractivity contribution in [1.29, 1.82) is 0 Å². The Morgan fingerprint density at radius 2 is 2.04 bits per heavy atom. The number of furan rings is 1. The summed E-state index contributed by atoms with van der Waals surface area (Å²) in [5, 5.41) is 6.69. The topological polar surface area (TPSA) is 92.6 Å². The molecular weight excluding hydrogens is 304 g/mol. The highest BCUT2D eigenvalue weighted by molar-refractivity contribution is 5.89. The Morgan fingerprint density at radius 3 is 2.58 bits per heavy atom. The number of rotatable bonds is 7. The fourth-order valence-electron chi connectivity index (χ4n) is 3.71. The minimum absolute atomic E-state index is 0.177. The van der Waals surface area contributed by atoms with Gasteiger partial charge in [0.25, 0.3) is 5.91 Å². The Bertz CT molecular complexity index is 571. The van der Waals surface area contributed by atoms with Crippen LogP contribution >= 0.6 is 0 Å². The van der Waals surface area contributed by atoms with Crippen molar-refractivity contribution in [3.63, 3.8) is 0 Å². The molecular formula is C18H30N4O2. The van der Waals surface area contributed by atoms with Crippen molar-refractivity contribution >= 4 is 11.9 Å². The van der Waals surface area contributed by atoms with Crippen LogP contribution in [-0.2, 0) is 6.54 Å². The molecule has 1 saturated carbocycles. The maximum Gasteiger partial charge on any atom is 0.284 e. The molecule has 1 aromatic rings. The lowest BCUT2D eigenvalue weighted by Gasteiger charge is -2.31. The van der Waals surface area contributed by atoms with E-state index in [9.17, 15) is 4.79 Å². The highest BCUT2D eigenvalue weighted by atomic mass is 16.3. The molecule has 4 N–H and O–H groups in total. The molecule has 0 aromatic carbocycles. The van der Waals surface area contributed by atoms with Crippen molar-refractivity contribution in [2.75, 3.05) is 13.6 Å². The summed E-state index contributed by atoms with van der Waals surface area (Å²) >= 11 is 0. The van der Waals surface area contributed by atoms with E-state index in [2.05, 4.69) is 29.5 Å². The quantitative estimate of drug-likeness (QED) is 0.528. The number of hydrogen-bond donors (Lipinski definition) is 3. The summed E-state index contributed by atoms with van der Waals surface area (Å²) < 4.78 is 5.37. The van der Waals surface area contributed by atoms with Crippen LogP contribution in [0.2, 0.25) is 0 Å². The minimum atomic E-state index is -0.555. The number of carbonyl (C=O) groups excluding carboxylic acids is 1. The molecule has 0 bridgehead atoms. The molecule has 0 atom stereocenters. The minimum Gasteiger partial charge on any atom is -0.454 e. The van der Waals surface area contributed by atoms with Gasteiger partial charge in [-0.15, -0.1) is 0 Å². The lowest BCUT2D eigenvalue weighted by molar-refractivity contribution is 0.0972. The van der Waals surface area contributed by atoms with E-state index in [1.54, 1.807) is 19.2 Å². The first-order chi connectivity index (χ1) is 11.4. The highest BCUT2D eigenvalue weighted by Crippen LogP contribution is 2.42. The van der Waals surface area contributed by atoms with Crippen molar-refractivity contribution in [1.82, 2.24) is 10.6 Å². The van der Waals surface area contributed by atoms with Crippen LogP contribution < -0.4 is 16.4 Å². The molecule has 0 saturated heterocycles. The molecule has 0 aliphatic heterocycles. The van der Waals surface area contributed by atoms with E-state index in [4.69, 9.17) is 10.2 Å². The largest absolute Gasteiger partial charge is 0.454 e. The van der Waals surface area contributed by atoms with Crippen molar-refractivity contribution in [2.45, 2.75) is 52.5 Å². The monoisotopic (exact) mass is 334 g/mol. The van der Waals surface area contributed by atoms with E-state index in [1.165, 1.54) is 32.1 Å². The number of primary amides is 1. The molecule has 1 fully saturated rings. The highest BCUT2D eigenvalue weighted by Gasteiger charge is 2.34. The molecule has 1 amide bonds. The van der Waals surface area contributed by atoms with E-state index in [-0.39, 0.29) is 5.76 Å². The molecule has 0 radical (unpaired) electrons. The van der Waals surface area contributed by atoms with Gasteiger partial charge in [0.05, 0.1) is 6.54 Å². The third-order valence-electron chi connectivity index (χ3n) is 4.69. The van der Waals surface area contributed by atoms with Gasteiger partial charge >= 0.3 is 0 Å². The number of carbonyl (C=O) groups is 1. The number of nitrogens with two attached hydrogens (primary N) is 1. The summed E-state index contributed by atoms with van der Waals surface area (Å²) in [5.41, 5.74) is 5.58. The maximum absolute atomic E-state index is 11.1. The zero-order valence-corrected chi connectivity index (χ0v) is 15.0. The Kier molecular flexibility index (Phi) is 6.29. The SMILES string of the molecule is CN=C(NCc1ccc(C(N)=O)o1)NCC1(CC(C)C)CCCC1. The number of amides is 1. The molecule has 134 valence electrons. The molecule has 1 aliphatic carbocycles. The first-order valence-corrected chi connectivity index (χ1v) is 8.77. The van der Waals surface area contributed by atoms with Crippen LogP contribution in [0, 0.1) is 11.3 Å². The fourth-order valence-corrected chi connectivity index (χ4v) is 3.71. The Labute approximate surface area is 144 Å². The average Bonchev–Trinajstić information content (AvgIpc) is 3.17. The zero-order chi connectivity index (χ0) is 17.6. The normalized spacial score (nSPS) is 17.2. The van der Waals surface area contributed by atoms with Crippen molar-refractivity contribution in [3.8, 4) is 0 Å². The zero-order valence-electron chi connectivity index (χ0n) is 15.0. The Balaban J connectivity index is 1.86. The average molecular weight is 334 g/mol. The standard InChI is InChI=1S/C18H30N4O2/c1-13(2)10-18(8-4-5-9-18)12-22-17(20-3)21-11-14-6-7-15(24-14)16(19)23/h6-7,13H,4-5,8-12H2,1-3H3,(H2,19,23)(H2,20,21,22). The summed E-state index contributed by atoms with van der Waals surface area (Å²) in [6, 6.07) is 3.34. The molecule has 0 unspecified atom stereocenters. The molecule has 6 heteroatoms. The van der Waals surface area contributed by atoms with Crippen molar-refractivity contribution in [2.24, 2.45) is 22.1 Å². The van der Waals surface area contributed by atoms with Gasteiger partial charge in [-0.3, -0.25) is 9.79 Å². The summed E-state index contributed by atoms with van der Waals surface area (Å²) in [5.74, 6) is 1.74. The second-order valence-electron chi connectivity index (χ2n) is 7.21. The summed E-state index contributed by atoms with van der Waals surface area (Å²) in [7, 11) is 1.76. The predicted octanol–water partition coefficient (Wildman–Crippen LogP) is 2.65. The third-order valence-corrected chi connectivity index (χ3v) is 4.69. The smallest absolute Gasteiger partial charge is 0.284 e. The lowest BCUT2D eigenvalue weighted by atomic mass is 9.78. The Morgan fingerprint density at radius 1 is 1.33 bits per heavy atom. The number of nitrogens with one attached hydrogen (secondary N) is 2. The third kappa shape index (κ3) is 5.01. The van der Waals surface area contributed by atoms with Gasteiger partial charge in [0.1, 0.15) is 5.76 Å². The van der Waals surface area contributed by atoms with E-state index in [1.807, 2.05) is 0 Å². The van der Waals surface area contributed by atoms with E-state index in [0.29, 0.717) is 23.6 Å². The summed E-state index contributed by atoms with van der Waals surface area (Å²) in [6.07, 6.45) is 6.47. The fraction of sp³-hybridized carbons (Fsp3) is 0.667. The van der Waals surface area contributed by atoms with Gasteiger partial charge in [-0.1, -0.05) is 26.7 Å². The van der Waals surface area contributed by atoms with Gasteiger partial charge in [0.15, 0.2) is 11.7 Å². The van der Waals surface area contributed by atoms with Crippen molar-refractivity contribution < 1.29 is 9.21 Å². The van der Waals surface area contributed by atoms with Crippen LogP contribution in [-0.4, -0.2) is 25.5 Å². The number of hydrogen-bond acceptors (Lipinski definition) is 3. The van der Waals surface area contributed by atoms with E-state index >= 15 is 0 Å². The second kappa shape index (κ2) is 8.22. The second-order valence-corrected chi connectivity index (χ2v) is 7.21. The van der Waals surface area contributed by atoms with Crippen LogP contribution in [0.3, 0.4) is 0 Å². The van der Waals surface area contributed by atoms with Crippen LogP contribution in [0.5, 0.6) is 0 Å². The van der Waals surface area contributed by atoms with E-state index in [0.717, 1.165) is 12.5 Å². The molecule has 24 heavy (non-hydrogen) atoms. The van der Waals surface area contributed by atoms with Gasteiger partial charge in [-0.25, -0.2) is 0 Å². The van der Waals surface area contributed by atoms with Crippen LogP contribution in [0.25, 0.3) is 0 Å². The van der Waals surface area contributed by atoms with Crippen molar-refractivity contribution in [3.05, 3.63) is 23.7 Å². The molecule has 1 aliphatic rings. The number of aliphatic imine (C=N–C) groups is 1.